The first-order valence-corrected chi connectivity index (χ1v) is 12.0. The summed E-state index contributed by atoms with van der Waals surface area (Å²) in [5.41, 5.74) is 6.69. The van der Waals surface area contributed by atoms with Crippen LogP contribution in [0.25, 0.3) is 22.3 Å². The normalized spacial score (nSPS) is 11.4. The van der Waals surface area contributed by atoms with Crippen molar-refractivity contribution in [2.24, 2.45) is 0 Å². The molecule has 0 aromatic heterocycles. The van der Waals surface area contributed by atoms with Gasteiger partial charge >= 0.3 is 0 Å². The van der Waals surface area contributed by atoms with Crippen LogP contribution < -0.4 is 4.72 Å². The van der Waals surface area contributed by atoms with Gasteiger partial charge in [-0.15, -0.1) is 0 Å². The molecule has 0 aliphatic heterocycles. The predicted molar refractivity (Wildman–Crippen MR) is 140 cm³/mol. The van der Waals surface area contributed by atoms with E-state index >= 15 is 0 Å². The number of nitrogens with zero attached hydrogens (tertiary/aromatic N) is 1. The molecule has 0 unspecified atom stereocenters. The third-order valence-corrected chi connectivity index (χ3v) is 6.35. The summed E-state index contributed by atoms with van der Waals surface area (Å²) in [5.74, 6) is 0. The van der Waals surface area contributed by atoms with Crippen molar-refractivity contribution in [3.63, 3.8) is 0 Å². The van der Waals surface area contributed by atoms with Crippen LogP contribution in [0.4, 0.5) is 5.69 Å². The highest BCUT2D eigenvalue weighted by Crippen LogP contribution is 2.43. The topological polar surface area (TPSA) is 14.1 Å². The minimum absolute atomic E-state index is 0.0975. The Morgan fingerprint density at radius 2 is 1.22 bits per heavy atom. The zero-order chi connectivity index (χ0) is 22.7. The molecule has 4 rings (SSSR count). The first-order chi connectivity index (χ1) is 15.3. The van der Waals surface area contributed by atoms with Gasteiger partial charge < -0.3 is 0 Å². The Morgan fingerprint density at radius 1 is 0.656 bits per heavy atom. The summed E-state index contributed by atoms with van der Waals surface area (Å²) in [7, 11) is 0. The Morgan fingerprint density at radius 3 is 1.78 bits per heavy atom. The molecule has 161 valence electrons. The molecule has 1 radical (unpaired) electrons. The Bertz CT molecular complexity index is 1200. The van der Waals surface area contributed by atoms with E-state index in [1.165, 1.54) is 28.6 Å². The molecule has 0 heterocycles. The molecule has 0 aliphatic carbocycles. The van der Waals surface area contributed by atoms with Crippen LogP contribution in [0.1, 0.15) is 26.3 Å². The van der Waals surface area contributed by atoms with E-state index in [9.17, 15) is 0 Å². The molecule has 0 aliphatic rings. The average Bonchev–Trinajstić information content (AvgIpc) is 2.77. The lowest BCUT2D eigenvalue weighted by atomic mass is 9.81. The smallest absolute Gasteiger partial charge is 0.0833 e. The number of halogens is 2. The molecule has 0 N–H and O–H groups in total. The Balaban J connectivity index is 1.87. The minimum Gasteiger partial charge on any atom is -0.211 e. The van der Waals surface area contributed by atoms with Crippen LogP contribution in [0.15, 0.2) is 95.9 Å². The molecule has 0 atom stereocenters. The maximum Gasteiger partial charge on any atom is 0.0833 e. The van der Waals surface area contributed by atoms with Crippen LogP contribution in [0.3, 0.4) is 0 Å². The molecule has 0 fully saturated rings. The fourth-order valence-electron chi connectivity index (χ4n) is 3.62. The summed E-state index contributed by atoms with van der Waals surface area (Å²) >= 11 is 13.8. The monoisotopic (exact) mass is 476 g/mol. The highest BCUT2D eigenvalue weighted by molar-refractivity contribution is 7.97. The molecular formula is C28H24Cl2NS. The van der Waals surface area contributed by atoms with Gasteiger partial charge in [-0.05, 0) is 58.0 Å². The summed E-state index contributed by atoms with van der Waals surface area (Å²) in [6.07, 6.45) is 0. The molecule has 0 spiro atoms. The van der Waals surface area contributed by atoms with Crippen molar-refractivity contribution in [3.8, 4) is 22.3 Å². The Labute approximate surface area is 204 Å². The third-order valence-electron chi connectivity index (χ3n) is 5.19. The zero-order valence-corrected chi connectivity index (χ0v) is 20.6. The molecule has 0 saturated carbocycles. The molecule has 32 heavy (non-hydrogen) atoms. The number of benzene rings is 4. The Hall–Kier alpha value is -2.39. The summed E-state index contributed by atoms with van der Waals surface area (Å²) in [5, 5.41) is 1.21. The van der Waals surface area contributed by atoms with Gasteiger partial charge in [0.05, 0.1) is 5.69 Å². The van der Waals surface area contributed by atoms with Crippen molar-refractivity contribution in [1.82, 2.24) is 4.72 Å². The van der Waals surface area contributed by atoms with Gasteiger partial charge in [0.25, 0.3) is 0 Å². The third kappa shape index (κ3) is 5.32. The molecule has 4 heteroatoms. The van der Waals surface area contributed by atoms with Crippen LogP contribution in [0, 0.1) is 0 Å². The molecule has 0 saturated heterocycles. The second-order valence-electron chi connectivity index (χ2n) is 8.69. The van der Waals surface area contributed by atoms with Crippen molar-refractivity contribution < 1.29 is 0 Å². The molecule has 1 nitrogen and oxygen atoms in total. The molecule has 0 amide bonds. The van der Waals surface area contributed by atoms with E-state index in [2.05, 4.69) is 81.4 Å². The predicted octanol–water partition coefficient (Wildman–Crippen LogP) is 9.57. The van der Waals surface area contributed by atoms with Gasteiger partial charge in [0, 0.05) is 32.5 Å². The van der Waals surface area contributed by atoms with Gasteiger partial charge in [-0.1, -0.05) is 105 Å². The quantitative estimate of drug-likeness (QED) is 0.261. The average molecular weight is 477 g/mol. The first kappa shape index (κ1) is 22.8. The van der Waals surface area contributed by atoms with Gasteiger partial charge in [-0.3, -0.25) is 0 Å². The van der Waals surface area contributed by atoms with Crippen LogP contribution >= 0.6 is 35.1 Å². The lowest BCUT2D eigenvalue weighted by Gasteiger charge is -2.26. The molecule has 4 aromatic carbocycles. The van der Waals surface area contributed by atoms with E-state index < -0.39 is 0 Å². The van der Waals surface area contributed by atoms with Crippen molar-refractivity contribution >= 4 is 40.8 Å². The SMILES string of the molecule is CC(C)(C)c1cc(-c2ccccc2)cc(-c2ccccc2)c1[N]Sc1cc(Cl)cc(Cl)c1. The lowest BCUT2D eigenvalue weighted by Crippen LogP contribution is -2.14. The van der Waals surface area contributed by atoms with Crippen molar-refractivity contribution in [3.05, 3.63) is 107 Å². The van der Waals surface area contributed by atoms with Crippen molar-refractivity contribution in [2.75, 3.05) is 0 Å². The molecule has 4 aromatic rings. The van der Waals surface area contributed by atoms with Gasteiger partial charge in [-0.2, -0.15) is 0 Å². The second-order valence-corrected chi connectivity index (χ2v) is 10.4. The molecule has 0 bridgehead atoms. The summed E-state index contributed by atoms with van der Waals surface area (Å²) < 4.78 is 5.04. The summed E-state index contributed by atoms with van der Waals surface area (Å²) in [4.78, 5) is 0.911. The fourth-order valence-corrected chi connectivity index (χ4v) is 5.03. The van der Waals surface area contributed by atoms with E-state index in [1.54, 1.807) is 6.07 Å². The highest BCUT2D eigenvalue weighted by atomic mass is 35.5. The minimum atomic E-state index is -0.0975. The van der Waals surface area contributed by atoms with Crippen LogP contribution in [0.2, 0.25) is 10.0 Å². The number of hydrogen-bond donors (Lipinski definition) is 0. The van der Waals surface area contributed by atoms with Gasteiger partial charge in [-0.25, -0.2) is 4.72 Å². The summed E-state index contributed by atoms with van der Waals surface area (Å²) in [6, 6.07) is 30.9. The first-order valence-electron chi connectivity index (χ1n) is 10.4. The van der Waals surface area contributed by atoms with Gasteiger partial charge in [0.1, 0.15) is 0 Å². The van der Waals surface area contributed by atoms with E-state index in [0.717, 1.165) is 21.7 Å². The number of rotatable bonds is 5. The maximum atomic E-state index is 6.21. The van der Waals surface area contributed by atoms with Gasteiger partial charge in [0.15, 0.2) is 0 Å². The van der Waals surface area contributed by atoms with Crippen LogP contribution in [-0.4, -0.2) is 0 Å². The molecular weight excluding hydrogens is 453 g/mol. The summed E-state index contributed by atoms with van der Waals surface area (Å²) in [6.45, 7) is 6.68. The maximum absolute atomic E-state index is 6.21. The largest absolute Gasteiger partial charge is 0.211 e. The second kappa shape index (κ2) is 9.62. The van der Waals surface area contributed by atoms with E-state index in [-0.39, 0.29) is 5.41 Å². The van der Waals surface area contributed by atoms with E-state index in [4.69, 9.17) is 27.9 Å². The van der Waals surface area contributed by atoms with Crippen molar-refractivity contribution in [1.29, 1.82) is 0 Å². The van der Waals surface area contributed by atoms with E-state index in [0.29, 0.717) is 10.0 Å². The Kier molecular flexibility index (Phi) is 6.85. The van der Waals surface area contributed by atoms with Crippen molar-refractivity contribution in [2.45, 2.75) is 31.1 Å². The highest BCUT2D eigenvalue weighted by Gasteiger charge is 2.24. The lowest BCUT2D eigenvalue weighted by molar-refractivity contribution is 0.591. The number of hydrogen-bond acceptors (Lipinski definition) is 1. The van der Waals surface area contributed by atoms with Gasteiger partial charge in [0.2, 0.25) is 0 Å². The van der Waals surface area contributed by atoms with E-state index in [1.807, 2.05) is 24.3 Å². The van der Waals surface area contributed by atoms with Crippen LogP contribution in [-0.2, 0) is 5.41 Å². The fraction of sp³-hybridized carbons (Fsp3) is 0.143. The zero-order valence-electron chi connectivity index (χ0n) is 18.3. The van der Waals surface area contributed by atoms with Crippen LogP contribution in [0.5, 0.6) is 0 Å². The standard InChI is InChI=1S/C28H24Cl2NS/c1-28(2,3)26-15-21(19-10-6-4-7-11-19)14-25(20-12-8-5-9-13-20)27(26)31-32-24-17-22(29)16-23(30)18-24/h4-18H,1-3H3.